The van der Waals surface area contributed by atoms with E-state index in [9.17, 15) is 26.2 Å². The number of ether oxygens (including phenoxy) is 4. The minimum atomic E-state index is -4.46. The summed E-state index contributed by atoms with van der Waals surface area (Å²) in [4.78, 5) is 14.7. The van der Waals surface area contributed by atoms with Gasteiger partial charge in [0.1, 0.15) is 11.5 Å². The van der Waals surface area contributed by atoms with Gasteiger partial charge in [-0.25, -0.2) is 22.2 Å². The molecule has 2 atom stereocenters. The molecule has 0 spiro atoms. The van der Waals surface area contributed by atoms with Crippen LogP contribution in [0.3, 0.4) is 0 Å². The molecule has 1 aliphatic heterocycles. The van der Waals surface area contributed by atoms with E-state index in [0.29, 0.717) is 11.5 Å². The number of nitrogens with zero attached hydrogens (tertiary/aromatic N) is 2. The number of halogens is 2. The molecular weight excluding hydrogens is 576 g/mol. The van der Waals surface area contributed by atoms with E-state index in [0.717, 1.165) is 16.1 Å². The molecule has 1 aromatic heterocycles. The molecule has 3 aromatic rings. The average Bonchev–Trinajstić information content (AvgIpc) is 3.31. The summed E-state index contributed by atoms with van der Waals surface area (Å²) in [5.74, 6) is -0.858. The van der Waals surface area contributed by atoms with Gasteiger partial charge in [-0.1, -0.05) is 0 Å². The topological polar surface area (TPSA) is 155 Å². The Balaban J connectivity index is 1.78. The van der Waals surface area contributed by atoms with E-state index in [1.807, 2.05) is 0 Å². The van der Waals surface area contributed by atoms with Gasteiger partial charge in [-0.3, -0.25) is 4.21 Å². The Hall–Kier alpha value is -4.18. The summed E-state index contributed by atoms with van der Waals surface area (Å²) in [6, 6.07) is 7.69. The number of imidazole rings is 1. The molecule has 0 saturated carbocycles. The van der Waals surface area contributed by atoms with Crippen molar-refractivity contribution < 1.29 is 50.3 Å². The standard InChI is InChI=1S/C24H23F2N3O9S2/c1-35-20-9-10-27-18(22(20)36-2)13-39(32)24-28-17-11-15(38-23(25)26)5-8-19(17)29(24)40(33,34)16-6-3-14(4-7-16)37-12-21(30)31/h3-11,18,23,27H,12-13H2,1-2H3,(H,30,31). The van der Waals surface area contributed by atoms with Crippen molar-refractivity contribution in [1.29, 1.82) is 0 Å². The maximum Gasteiger partial charge on any atom is 0.387 e. The van der Waals surface area contributed by atoms with Gasteiger partial charge in [0.15, 0.2) is 18.1 Å². The largest absolute Gasteiger partial charge is 0.495 e. The van der Waals surface area contributed by atoms with Gasteiger partial charge in [0.05, 0.1) is 52.7 Å². The smallest absolute Gasteiger partial charge is 0.387 e. The molecule has 214 valence electrons. The van der Waals surface area contributed by atoms with Gasteiger partial charge < -0.3 is 29.4 Å². The number of fused-ring (bicyclic) bond motifs is 1. The molecule has 40 heavy (non-hydrogen) atoms. The van der Waals surface area contributed by atoms with E-state index >= 15 is 0 Å². The zero-order valence-electron chi connectivity index (χ0n) is 20.9. The van der Waals surface area contributed by atoms with Crippen LogP contribution in [0.5, 0.6) is 11.5 Å². The highest BCUT2D eigenvalue weighted by Gasteiger charge is 2.31. The minimum absolute atomic E-state index is 0.0345. The molecule has 2 unspecified atom stereocenters. The van der Waals surface area contributed by atoms with Gasteiger partial charge in [-0.2, -0.15) is 8.78 Å². The van der Waals surface area contributed by atoms with Crippen LogP contribution in [0.2, 0.25) is 0 Å². The number of benzene rings is 2. The number of hydrogen-bond acceptors (Lipinski definition) is 10. The number of carboxylic acids is 1. The van der Waals surface area contributed by atoms with Crippen molar-refractivity contribution in [3.8, 4) is 11.5 Å². The molecular formula is C24H23F2N3O9S2. The highest BCUT2D eigenvalue weighted by atomic mass is 32.2. The quantitative estimate of drug-likeness (QED) is 0.315. The van der Waals surface area contributed by atoms with Gasteiger partial charge in [0, 0.05) is 12.3 Å². The number of alkyl halides is 2. The maximum atomic E-state index is 13.8. The van der Waals surface area contributed by atoms with Crippen LogP contribution in [-0.4, -0.2) is 71.9 Å². The number of rotatable bonds is 12. The summed E-state index contributed by atoms with van der Waals surface area (Å²) in [6.45, 7) is -3.75. The molecule has 2 aromatic carbocycles. The maximum absolute atomic E-state index is 13.8. The van der Waals surface area contributed by atoms with Gasteiger partial charge in [-0.05, 0) is 42.5 Å². The van der Waals surface area contributed by atoms with Crippen LogP contribution in [0.25, 0.3) is 11.0 Å². The lowest BCUT2D eigenvalue weighted by Crippen LogP contribution is -2.36. The van der Waals surface area contributed by atoms with E-state index in [2.05, 4.69) is 15.0 Å². The Morgan fingerprint density at radius 3 is 2.48 bits per heavy atom. The summed E-state index contributed by atoms with van der Waals surface area (Å²) in [5.41, 5.74) is -0.0872. The Morgan fingerprint density at radius 1 is 1.15 bits per heavy atom. The second kappa shape index (κ2) is 11.9. The lowest BCUT2D eigenvalue weighted by atomic mass is 10.2. The zero-order valence-corrected chi connectivity index (χ0v) is 22.6. The molecule has 2 heterocycles. The van der Waals surface area contributed by atoms with Gasteiger partial charge in [0.25, 0.3) is 10.0 Å². The van der Waals surface area contributed by atoms with Crippen LogP contribution in [-0.2, 0) is 35.1 Å². The summed E-state index contributed by atoms with van der Waals surface area (Å²) < 4.78 is 87.8. The Morgan fingerprint density at radius 2 is 1.85 bits per heavy atom. The monoisotopic (exact) mass is 599 g/mol. The molecule has 0 radical (unpaired) electrons. The second-order valence-electron chi connectivity index (χ2n) is 8.05. The number of aliphatic carboxylic acids is 1. The molecule has 1 aliphatic rings. The van der Waals surface area contributed by atoms with Crippen LogP contribution in [0.1, 0.15) is 0 Å². The number of methoxy groups -OCH3 is 2. The number of carbonyl (C=O) groups is 1. The van der Waals surface area contributed by atoms with E-state index in [1.54, 1.807) is 12.3 Å². The third-order valence-electron chi connectivity index (χ3n) is 5.56. The van der Waals surface area contributed by atoms with Gasteiger partial charge in [0.2, 0.25) is 5.16 Å². The van der Waals surface area contributed by atoms with Crippen LogP contribution < -0.4 is 14.8 Å². The summed E-state index contributed by atoms with van der Waals surface area (Å²) in [7, 11) is -3.71. The third kappa shape index (κ3) is 6.02. The highest BCUT2D eigenvalue weighted by Crippen LogP contribution is 2.30. The fraction of sp³-hybridized carbons (Fsp3) is 0.250. The molecule has 16 heteroatoms. The van der Waals surface area contributed by atoms with E-state index < -0.39 is 46.1 Å². The van der Waals surface area contributed by atoms with Crippen LogP contribution in [0, 0.1) is 0 Å². The van der Waals surface area contributed by atoms with Crippen molar-refractivity contribution in [3.05, 3.63) is 66.3 Å². The molecule has 0 bridgehead atoms. The van der Waals surface area contributed by atoms with Crippen molar-refractivity contribution in [2.24, 2.45) is 0 Å². The molecule has 0 amide bonds. The fourth-order valence-electron chi connectivity index (χ4n) is 3.86. The van der Waals surface area contributed by atoms with Crippen molar-refractivity contribution >= 4 is 37.8 Å². The molecule has 0 aliphatic carbocycles. The van der Waals surface area contributed by atoms with Crippen molar-refractivity contribution in [1.82, 2.24) is 14.3 Å². The Bertz CT molecular complexity index is 1600. The number of aromatic nitrogens is 2. The number of allylic oxidation sites excluding steroid dienone is 1. The predicted molar refractivity (Wildman–Crippen MR) is 137 cm³/mol. The Kier molecular flexibility index (Phi) is 8.58. The highest BCUT2D eigenvalue weighted by molar-refractivity contribution is 7.91. The van der Waals surface area contributed by atoms with Crippen molar-refractivity contribution in [2.45, 2.75) is 22.7 Å². The number of carboxylic acid groups (broad SMARTS) is 1. The minimum Gasteiger partial charge on any atom is -0.495 e. The zero-order chi connectivity index (χ0) is 29.0. The average molecular weight is 600 g/mol. The van der Waals surface area contributed by atoms with Crippen LogP contribution in [0.4, 0.5) is 8.78 Å². The molecule has 0 fully saturated rings. The van der Waals surface area contributed by atoms with Crippen molar-refractivity contribution in [2.75, 3.05) is 26.6 Å². The fourth-order valence-corrected chi connectivity index (χ4v) is 6.93. The van der Waals surface area contributed by atoms with E-state index in [-0.39, 0.29) is 38.3 Å². The first-order chi connectivity index (χ1) is 19.0. The summed E-state index contributed by atoms with van der Waals surface area (Å²) in [5, 5.41) is 11.4. The molecule has 4 rings (SSSR count). The van der Waals surface area contributed by atoms with E-state index in [4.69, 9.17) is 19.3 Å². The van der Waals surface area contributed by atoms with Gasteiger partial charge in [-0.15, -0.1) is 0 Å². The first kappa shape index (κ1) is 28.8. The normalized spacial score (nSPS) is 16.1. The van der Waals surface area contributed by atoms with Gasteiger partial charge >= 0.3 is 12.6 Å². The number of dihydropyridines is 1. The summed E-state index contributed by atoms with van der Waals surface area (Å²) >= 11 is 0. The van der Waals surface area contributed by atoms with E-state index in [1.165, 1.54) is 44.6 Å². The van der Waals surface area contributed by atoms with Crippen molar-refractivity contribution in [3.63, 3.8) is 0 Å². The first-order valence-corrected chi connectivity index (χ1v) is 14.1. The lowest BCUT2D eigenvalue weighted by Gasteiger charge is -2.24. The second-order valence-corrected chi connectivity index (χ2v) is 11.2. The summed E-state index contributed by atoms with van der Waals surface area (Å²) in [6.07, 6.45) is 3.16. The first-order valence-electron chi connectivity index (χ1n) is 11.4. The SMILES string of the molecule is COC1=C(OC)C(CS(=O)c2nc3cc(OC(F)F)ccc3n2S(=O)(=O)c2ccc(OCC(=O)O)cc2)NC=C1. The van der Waals surface area contributed by atoms with Crippen LogP contribution >= 0.6 is 0 Å². The third-order valence-corrected chi connectivity index (χ3v) is 8.71. The molecule has 2 N–H and O–H groups in total. The Labute approximate surface area is 229 Å². The molecule has 12 nitrogen and oxygen atoms in total. The van der Waals surface area contributed by atoms with Crippen LogP contribution in [0.15, 0.2) is 76.3 Å². The predicted octanol–water partition coefficient (Wildman–Crippen LogP) is 2.44. The lowest BCUT2D eigenvalue weighted by molar-refractivity contribution is -0.139. The number of hydrogen-bond donors (Lipinski definition) is 2. The number of nitrogens with one attached hydrogen (secondary N) is 1. The molecule has 0 saturated heterocycles.